The van der Waals surface area contributed by atoms with E-state index in [4.69, 9.17) is 11.6 Å². The lowest BCUT2D eigenvalue weighted by molar-refractivity contribution is 0.0786. The van der Waals surface area contributed by atoms with E-state index in [1.54, 1.807) is 0 Å². The quantitative estimate of drug-likeness (QED) is 0.723. The molecule has 2 aromatic heterocycles. The van der Waals surface area contributed by atoms with Crippen LogP contribution in [-0.4, -0.2) is 33.3 Å². The average Bonchev–Trinajstić information content (AvgIpc) is 3.34. The zero-order valence-corrected chi connectivity index (χ0v) is 16.1. The molecule has 1 aliphatic rings. The van der Waals surface area contributed by atoms with Crippen LogP contribution in [0.1, 0.15) is 47.6 Å². The molecule has 0 spiro atoms. The number of hydrogen-bond donors (Lipinski definition) is 1. The number of pyridine rings is 1. The van der Waals surface area contributed by atoms with E-state index in [2.05, 4.69) is 17.2 Å². The Kier molecular flexibility index (Phi) is 5.14. The second kappa shape index (κ2) is 7.71. The van der Waals surface area contributed by atoms with Gasteiger partial charge >= 0.3 is 0 Å². The van der Waals surface area contributed by atoms with E-state index in [0.29, 0.717) is 12.2 Å². The van der Waals surface area contributed by atoms with E-state index in [1.165, 1.54) is 0 Å². The highest BCUT2D eigenvalue weighted by atomic mass is 35.5. The van der Waals surface area contributed by atoms with Crippen molar-refractivity contribution >= 4 is 23.2 Å². The predicted octanol–water partition coefficient (Wildman–Crippen LogP) is 4.07. The molecule has 0 radical (unpaired) electrons. The van der Waals surface area contributed by atoms with Gasteiger partial charge in [0, 0.05) is 36.9 Å². The number of fused-ring (bicyclic) bond motifs is 1. The monoisotopic (exact) mass is 382 g/mol. The Morgan fingerprint density at radius 3 is 2.70 bits per heavy atom. The zero-order chi connectivity index (χ0) is 18.8. The van der Waals surface area contributed by atoms with Crippen molar-refractivity contribution in [3.05, 3.63) is 70.6 Å². The minimum atomic E-state index is 0.0263. The van der Waals surface area contributed by atoms with Gasteiger partial charge in [0.05, 0.1) is 5.69 Å². The maximum atomic E-state index is 13.0. The smallest absolute Gasteiger partial charge is 0.274 e. The molecule has 1 aliphatic heterocycles. The summed E-state index contributed by atoms with van der Waals surface area (Å²) in [6.45, 7) is 4.24. The SMILES string of the molecule is C[C@H](NCc1c(C(=O)N2CCCC2)nc2ccccn12)c1ccccc1Cl. The fourth-order valence-electron chi connectivity index (χ4n) is 3.64. The standard InChI is InChI=1S/C21H23ClN4O/c1-15(16-8-2-3-9-17(16)22)23-14-18-20(21(27)25-11-6-7-12-25)24-19-10-4-5-13-26(18)19/h2-5,8-10,13,15,23H,6-7,11-12,14H2,1H3/t15-/m0/s1. The number of amides is 1. The first-order valence-electron chi connectivity index (χ1n) is 9.38. The molecule has 0 bridgehead atoms. The molecule has 140 valence electrons. The second-order valence-corrected chi connectivity index (χ2v) is 7.37. The van der Waals surface area contributed by atoms with Crippen molar-refractivity contribution in [1.82, 2.24) is 19.6 Å². The summed E-state index contributed by atoms with van der Waals surface area (Å²) < 4.78 is 2.00. The molecular weight excluding hydrogens is 360 g/mol. The summed E-state index contributed by atoms with van der Waals surface area (Å²) >= 11 is 6.32. The number of nitrogens with one attached hydrogen (secondary N) is 1. The lowest BCUT2D eigenvalue weighted by Crippen LogP contribution is -2.30. The molecule has 5 nitrogen and oxygen atoms in total. The molecule has 1 saturated heterocycles. The number of imidazole rings is 1. The van der Waals surface area contributed by atoms with E-state index in [1.807, 2.05) is 58.0 Å². The molecule has 1 aromatic carbocycles. The van der Waals surface area contributed by atoms with Crippen LogP contribution in [0.5, 0.6) is 0 Å². The van der Waals surface area contributed by atoms with E-state index in [9.17, 15) is 4.79 Å². The number of aromatic nitrogens is 2. The highest BCUT2D eigenvalue weighted by Gasteiger charge is 2.26. The van der Waals surface area contributed by atoms with Gasteiger partial charge in [0.2, 0.25) is 0 Å². The number of benzene rings is 1. The molecule has 1 N–H and O–H groups in total. The van der Waals surface area contributed by atoms with Gasteiger partial charge in [-0.2, -0.15) is 0 Å². The summed E-state index contributed by atoms with van der Waals surface area (Å²) in [7, 11) is 0. The molecule has 6 heteroatoms. The second-order valence-electron chi connectivity index (χ2n) is 6.96. The van der Waals surface area contributed by atoms with Gasteiger partial charge in [0.1, 0.15) is 5.65 Å². The molecular formula is C21H23ClN4O. The number of nitrogens with zero attached hydrogens (tertiary/aromatic N) is 3. The van der Waals surface area contributed by atoms with E-state index < -0.39 is 0 Å². The van der Waals surface area contributed by atoms with Crippen molar-refractivity contribution in [3.63, 3.8) is 0 Å². The fourth-order valence-corrected chi connectivity index (χ4v) is 3.94. The minimum Gasteiger partial charge on any atom is -0.337 e. The topological polar surface area (TPSA) is 49.6 Å². The molecule has 0 saturated carbocycles. The van der Waals surface area contributed by atoms with Crippen LogP contribution in [0, 0.1) is 0 Å². The van der Waals surface area contributed by atoms with Crippen LogP contribution in [0.3, 0.4) is 0 Å². The highest BCUT2D eigenvalue weighted by molar-refractivity contribution is 6.31. The lowest BCUT2D eigenvalue weighted by atomic mass is 10.1. The van der Waals surface area contributed by atoms with Gasteiger partial charge in [-0.05, 0) is 43.5 Å². The summed E-state index contributed by atoms with van der Waals surface area (Å²) in [5.74, 6) is 0.0263. The van der Waals surface area contributed by atoms with Crippen LogP contribution < -0.4 is 5.32 Å². The Hall–Kier alpha value is -2.37. The van der Waals surface area contributed by atoms with E-state index in [0.717, 1.165) is 47.9 Å². The molecule has 1 amide bonds. The Morgan fingerprint density at radius 2 is 1.93 bits per heavy atom. The number of hydrogen-bond acceptors (Lipinski definition) is 3. The molecule has 0 unspecified atom stereocenters. The van der Waals surface area contributed by atoms with Crippen LogP contribution in [0.4, 0.5) is 0 Å². The zero-order valence-electron chi connectivity index (χ0n) is 15.4. The summed E-state index contributed by atoms with van der Waals surface area (Å²) in [5, 5.41) is 4.24. The third-order valence-electron chi connectivity index (χ3n) is 5.17. The molecule has 1 atom stereocenters. The lowest BCUT2D eigenvalue weighted by Gasteiger charge is -2.18. The Bertz CT molecular complexity index is 962. The van der Waals surface area contributed by atoms with E-state index >= 15 is 0 Å². The van der Waals surface area contributed by atoms with Gasteiger partial charge in [-0.3, -0.25) is 4.79 Å². The first-order chi connectivity index (χ1) is 13.1. The number of halogens is 1. The Balaban J connectivity index is 1.63. The number of carbonyl (C=O) groups excluding carboxylic acids is 1. The van der Waals surface area contributed by atoms with Crippen LogP contribution >= 0.6 is 11.6 Å². The predicted molar refractivity (Wildman–Crippen MR) is 107 cm³/mol. The van der Waals surface area contributed by atoms with Crippen LogP contribution in [-0.2, 0) is 6.54 Å². The summed E-state index contributed by atoms with van der Waals surface area (Å²) in [4.78, 5) is 19.5. The molecule has 27 heavy (non-hydrogen) atoms. The van der Waals surface area contributed by atoms with Crippen LogP contribution in [0.2, 0.25) is 5.02 Å². The first kappa shape index (κ1) is 18.0. The molecule has 0 aliphatic carbocycles. The Labute approximate surface area is 164 Å². The van der Waals surface area contributed by atoms with Crippen LogP contribution in [0.15, 0.2) is 48.7 Å². The first-order valence-corrected chi connectivity index (χ1v) is 9.76. The van der Waals surface area contributed by atoms with Gasteiger partial charge in [-0.25, -0.2) is 4.98 Å². The van der Waals surface area contributed by atoms with Crippen molar-refractivity contribution < 1.29 is 4.79 Å². The summed E-state index contributed by atoms with van der Waals surface area (Å²) in [5.41, 5.74) is 3.27. The van der Waals surface area contributed by atoms with E-state index in [-0.39, 0.29) is 11.9 Å². The molecule has 3 heterocycles. The van der Waals surface area contributed by atoms with Gasteiger partial charge in [-0.1, -0.05) is 35.9 Å². The maximum absolute atomic E-state index is 13.0. The largest absolute Gasteiger partial charge is 0.337 e. The summed E-state index contributed by atoms with van der Waals surface area (Å²) in [6, 6.07) is 13.7. The summed E-state index contributed by atoms with van der Waals surface area (Å²) in [6.07, 6.45) is 4.09. The normalized spacial score (nSPS) is 15.4. The van der Waals surface area contributed by atoms with Crippen molar-refractivity contribution in [3.8, 4) is 0 Å². The van der Waals surface area contributed by atoms with Crippen molar-refractivity contribution in [2.45, 2.75) is 32.4 Å². The number of rotatable bonds is 5. The Morgan fingerprint density at radius 1 is 1.19 bits per heavy atom. The van der Waals surface area contributed by atoms with Crippen LogP contribution in [0.25, 0.3) is 5.65 Å². The molecule has 4 rings (SSSR count). The van der Waals surface area contributed by atoms with Crippen molar-refractivity contribution in [2.75, 3.05) is 13.1 Å². The van der Waals surface area contributed by atoms with Crippen molar-refractivity contribution in [1.29, 1.82) is 0 Å². The van der Waals surface area contributed by atoms with Gasteiger partial charge < -0.3 is 14.6 Å². The third-order valence-corrected chi connectivity index (χ3v) is 5.52. The molecule has 1 fully saturated rings. The minimum absolute atomic E-state index is 0.0263. The van der Waals surface area contributed by atoms with Gasteiger partial charge in [0.15, 0.2) is 5.69 Å². The van der Waals surface area contributed by atoms with Crippen molar-refractivity contribution in [2.24, 2.45) is 0 Å². The van der Waals surface area contributed by atoms with Gasteiger partial charge in [-0.15, -0.1) is 0 Å². The number of likely N-dealkylation sites (tertiary alicyclic amines) is 1. The number of carbonyl (C=O) groups is 1. The molecule has 3 aromatic rings. The average molecular weight is 383 g/mol. The van der Waals surface area contributed by atoms with Gasteiger partial charge in [0.25, 0.3) is 5.91 Å². The maximum Gasteiger partial charge on any atom is 0.274 e. The third kappa shape index (κ3) is 3.57. The highest BCUT2D eigenvalue weighted by Crippen LogP contribution is 2.23. The fraction of sp³-hybridized carbons (Fsp3) is 0.333.